The van der Waals surface area contributed by atoms with Gasteiger partial charge >= 0.3 is 0 Å². The van der Waals surface area contributed by atoms with Gasteiger partial charge in [-0.3, -0.25) is 4.79 Å². The van der Waals surface area contributed by atoms with E-state index in [4.69, 9.17) is 0 Å². The Labute approximate surface area is 119 Å². The monoisotopic (exact) mass is 334 g/mol. The molecule has 2 N–H and O–H groups in total. The highest BCUT2D eigenvalue weighted by Gasteiger charge is 2.14. The van der Waals surface area contributed by atoms with E-state index >= 15 is 0 Å². The van der Waals surface area contributed by atoms with Gasteiger partial charge in [0.2, 0.25) is 5.91 Å². The van der Waals surface area contributed by atoms with Gasteiger partial charge < -0.3 is 10.6 Å². The standard InChI is InChI=1S/C13H17BrF2N2O/c1-7(2)8(3)18-12(19)6-17-13-10(15)4-9(14)5-11(13)16/h4-5,7-8,17H,6H2,1-3H3,(H,18,19). The van der Waals surface area contributed by atoms with Crippen molar-refractivity contribution >= 4 is 27.5 Å². The highest BCUT2D eigenvalue weighted by Crippen LogP contribution is 2.23. The zero-order chi connectivity index (χ0) is 14.6. The van der Waals surface area contributed by atoms with E-state index in [0.717, 1.165) is 12.1 Å². The zero-order valence-corrected chi connectivity index (χ0v) is 12.6. The molecular weight excluding hydrogens is 318 g/mol. The van der Waals surface area contributed by atoms with Crippen LogP contribution in [-0.2, 0) is 4.79 Å². The molecule has 0 heterocycles. The fourth-order valence-corrected chi connectivity index (χ4v) is 1.75. The number of anilines is 1. The molecule has 1 amide bonds. The average Bonchev–Trinajstić information content (AvgIpc) is 2.27. The maximum atomic E-state index is 13.5. The van der Waals surface area contributed by atoms with E-state index in [-0.39, 0.29) is 24.2 Å². The van der Waals surface area contributed by atoms with Gasteiger partial charge in [-0.25, -0.2) is 8.78 Å². The fourth-order valence-electron chi connectivity index (χ4n) is 1.35. The number of carbonyl (C=O) groups is 1. The van der Waals surface area contributed by atoms with Gasteiger partial charge in [0.05, 0.1) is 6.54 Å². The maximum Gasteiger partial charge on any atom is 0.239 e. The van der Waals surface area contributed by atoms with E-state index in [1.807, 2.05) is 20.8 Å². The van der Waals surface area contributed by atoms with E-state index in [1.165, 1.54) is 0 Å². The summed E-state index contributed by atoms with van der Waals surface area (Å²) in [6, 6.07) is 2.29. The van der Waals surface area contributed by atoms with Crippen molar-refractivity contribution in [1.82, 2.24) is 5.32 Å². The summed E-state index contributed by atoms with van der Waals surface area (Å²) in [5.74, 6) is -1.49. The lowest BCUT2D eigenvalue weighted by molar-refractivity contribution is -0.120. The van der Waals surface area contributed by atoms with Crippen LogP contribution in [0, 0.1) is 17.6 Å². The molecule has 0 bridgehead atoms. The first-order chi connectivity index (χ1) is 8.81. The molecule has 3 nitrogen and oxygen atoms in total. The highest BCUT2D eigenvalue weighted by molar-refractivity contribution is 9.10. The molecule has 0 aliphatic heterocycles. The van der Waals surface area contributed by atoms with Crippen molar-refractivity contribution in [2.24, 2.45) is 5.92 Å². The normalized spacial score (nSPS) is 12.4. The Kier molecular flexibility index (Phi) is 5.72. The summed E-state index contributed by atoms with van der Waals surface area (Å²) in [7, 11) is 0. The second-order valence-electron chi connectivity index (χ2n) is 4.70. The first-order valence-electron chi connectivity index (χ1n) is 5.99. The molecule has 1 aromatic rings. The van der Waals surface area contributed by atoms with Gasteiger partial charge in [-0.2, -0.15) is 0 Å². The van der Waals surface area contributed by atoms with Crippen molar-refractivity contribution in [1.29, 1.82) is 0 Å². The lowest BCUT2D eigenvalue weighted by atomic mass is 10.1. The Morgan fingerprint density at radius 3 is 2.26 bits per heavy atom. The first-order valence-corrected chi connectivity index (χ1v) is 6.78. The van der Waals surface area contributed by atoms with Crippen molar-refractivity contribution in [2.75, 3.05) is 11.9 Å². The van der Waals surface area contributed by atoms with E-state index < -0.39 is 11.6 Å². The summed E-state index contributed by atoms with van der Waals surface area (Å²) in [6.07, 6.45) is 0. The molecule has 6 heteroatoms. The lowest BCUT2D eigenvalue weighted by Gasteiger charge is -2.18. The van der Waals surface area contributed by atoms with Gasteiger partial charge in [0.25, 0.3) is 0 Å². The summed E-state index contributed by atoms with van der Waals surface area (Å²) in [5.41, 5.74) is -0.296. The number of hydrogen-bond donors (Lipinski definition) is 2. The zero-order valence-electron chi connectivity index (χ0n) is 11.1. The number of hydrogen-bond acceptors (Lipinski definition) is 2. The summed E-state index contributed by atoms with van der Waals surface area (Å²) >= 11 is 2.99. The van der Waals surface area contributed by atoms with Crippen molar-refractivity contribution in [3.8, 4) is 0 Å². The Morgan fingerprint density at radius 1 is 1.26 bits per heavy atom. The van der Waals surface area contributed by atoms with Crippen LogP contribution < -0.4 is 10.6 Å². The largest absolute Gasteiger partial charge is 0.371 e. The molecule has 1 aromatic carbocycles. The molecule has 1 rings (SSSR count). The number of nitrogens with one attached hydrogen (secondary N) is 2. The third-order valence-corrected chi connectivity index (χ3v) is 3.28. The molecule has 0 saturated carbocycles. The lowest BCUT2D eigenvalue weighted by Crippen LogP contribution is -2.39. The summed E-state index contributed by atoms with van der Waals surface area (Å²) < 4.78 is 27.3. The van der Waals surface area contributed by atoms with Crippen LogP contribution in [0.25, 0.3) is 0 Å². The van der Waals surface area contributed by atoms with Gasteiger partial charge in [0.15, 0.2) is 0 Å². The summed E-state index contributed by atoms with van der Waals surface area (Å²) in [5, 5.41) is 5.21. The molecule has 0 aliphatic rings. The van der Waals surface area contributed by atoms with E-state index in [9.17, 15) is 13.6 Å². The molecule has 106 valence electrons. The second kappa shape index (κ2) is 6.84. The Balaban J connectivity index is 2.60. The smallest absolute Gasteiger partial charge is 0.239 e. The van der Waals surface area contributed by atoms with Gasteiger partial charge in [-0.05, 0) is 25.0 Å². The predicted octanol–water partition coefficient (Wildman–Crippen LogP) is 3.30. The average molecular weight is 335 g/mol. The molecule has 0 fully saturated rings. The molecule has 0 aromatic heterocycles. The highest BCUT2D eigenvalue weighted by atomic mass is 79.9. The third kappa shape index (κ3) is 4.78. The number of carbonyl (C=O) groups excluding carboxylic acids is 1. The van der Waals surface area contributed by atoms with Gasteiger partial charge in [0.1, 0.15) is 17.3 Å². The number of benzene rings is 1. The van der Waals surface area contributed by atoms with Crippen LogP contribution >= 0.6 is 15.9 Å². The van der Waals surface area contributed by atoms with Gasteiger partial charge in [-0.15, -0.1) is 0 Å². The van der Waals surface area contributed by atoms with Crippen LogP contribution in [-0.4, -0.2) is 18.5 Å². The number of amides is 1. The SMILES string of the molecule is CC(C)C(C)NC(=O)CNc1c(F)cc(Br)cc1F. The minimum absolute atomic E-state index is 0.00825. The Morgan fingerprint density at radius 2 is 1.79 bits per heavy atom. The van der Waals surface area contributed by atoms with Crippen LogP contribution in [0.3, 0.4) is 0 Å². The second-order valence-corrected chi connectivity index (χ2v) is 5.61. The van der Waals surface area contributed by atoms with Crippen LogP contribution in [0.4, 0.5) is 14.5 Å². The van der Waals surface area contributed by atoms with Crippen molar-refractivity contribution in [3.05, 3.63) is 28.2 Å². The molecular formula is C13H17BrF2N2O. The quantitative estimate of drug-likeness (QED) is 0.867. The molecule has 0 radical (unpaired) electrons. The van der Waals surface area contributed by atoms with E-state index in [1.54, 1.807) is 0 Å². The Bertz CT molecular complexity index is 443. The number of rotatable bonds is 5. The fraction of sp³-hybridized carbons (Fsp3) is 0.462. The predicted molar refractivity (Wildman–Crippen MR) is 75.0 cm³/mol. The van der Waals surface area contributed by atoms with Crippen LogP contribution in [0.5, 0.6) is 0 Å². The first kappa shape index (κ1) is 15.9. The summed E-state index contributed by atoms with van der Waals surface area (Å²) in [6.45, 7) is 5.66. The van der Waals surface area contributed by atoms with Crippen LogP contribution in [0.1, 0.15) is 20.8 Å². The third-order valence-electron chi connectivity index (χ3n) is 2.82. The molecule has 0 spiro atoms. The van der Waals surface area contributed by atoms with Crippen molar-refractivity contribution < 1.29 is 13.6 Å². The Hall–Kier alpha value is -1.17. The molecule has 0 aliphatic carbocycles. The molecule has 0 saturated heterocycles. The van der Waals surface area contributed by atoms with Crippen molar-refractivity contribution in [3.63, 3.8) is 0 Å². The number of halogens is 3. The minimum Gasteiger partial charge on any atom is -0.371 e. The van der Waals surface area contributed by atoms with Gasteiger partial charge in [-0.1, -0.05) is 29.8 Å². The van der Waals surface area contributed by atoms with Gasteiger partial charge in [0, 0.05) is 10.5 Å². The summed E-state index contributed by atoms with van der Waals surface area (Å²) in [4.78, 5) is 11.6. The van der Waals surface area contributed by atoms with E-state index in [0.29, 0.717) is 10.4 Å². The minimum atomic E-state index is -0.739. The van der Waals surface area contributed by atoms with Crippen LogP contribution in [0.15, 0.2) is 16.6 Å². The molecule has 1 atom stereocenters. The molecule has 1 unspecified atom stereocenters. The topological polar surface area (TPSA) is 41.1 Å². The maximum absolute atomic E-state index is 13.5. The molecule has 19 heavy (non-hydrogen) atoms. The van der Waals surface area contributed by atoms with E-state index in [2.05, 4.69) is 26.6 Å². The van der Waals surface area contributed by atoms with Crippen molar-refractivity contribution in [2.45, 2.75) is 26.8 Å². The van der Waals surface area contributed by atoms with Crippen LogP contribution in [0.2, 0.25) is 0 Å².